The summed E-state index contributed by atoms with van der Waals surface area (Å²) in [5.41, 5.74) is 0.246. The maximum absolute atomic E-state index is 9.09. The molecule has 2 rings (SSSR count). The van der Waals surface area contributed by atoms with Gasteiger partial charge >= 0.3 is 0 Å². The number of hydrogen-bond donors (Lipinski definition) is 1. The van der Waals surface area contributed by atoms with E-state index in [4.69, 9.17) is 5.11 Å². The topological polar surface area (TPSA) is 38.0 Å². The van der Waals surface area contributed by atoms with E-state index in [1.165, 1.54) is 12.8 Å². The van der Waals surface area contributed by atoms with E-state index in [1.807, 2.05) is 11.6 Å². The minimum absolute atomic E-state index is 0.135. The number of aryl methyl sites for hydroxylation is 1. The van der Waals surface area contributed by atoms with E-state index in [0.717, 1.165) is 5.82 Å². The predicted molar refractivity (Wildman–Crippen MR) is 41.5 cm³/mol. The molecule has 0 aliphatic heterocycles. The van der Waals surface area contributed by atoms with E-state index in [0.29, 0.717) is 0 Å². The van der Waals surface area contributed by atoms with Crippen LogP contribution in [0.4, 0.5) is 0 Å². The summed E-state index contributed by atoms with van der Waals surface area (Å²) in [6.07, 6.45) is 4.04. The van der Waals surface area contributed by atoms with Gasteiger partial charge in [-0.05, 0) is 12.8 Å². The Kier molecular flexibility index (Phi) is 1.09. The number of nitrogens with zero attached hydrogens (tertiary/aromatic N) is 2. The van der Waals surface area contributed by atoms with Crippen LogP contribution in [0.1, 0.15) is 25.6 Å². The Labute approximate surface area is 65.7 Å². The zero-order valence-corrected chi connectivity index (χ0v) is 6.83. The first kappa shape index (κ1) is 6.70. The van der Waals surface area contributed by atoms with E-state index in [9.17, 15) is 0 Å². The Morgan fingerprint density at radius 1 is 1.64 bits per heavy atom. The minimum atomic E-state index is 0.135. The van der Waals surface area contributed by atoms with Crippen LogP contribution in [-0.2, 0) is 12.5 Å². The molecule has 0 saturated heterocycles. The first-order chi connectivity index (χ1) is 5.12. The van der Waals surface area contributed by atoms with Crippen molar-refractivity contribution in [1.29, 1.82) is 0 Å². The summed E-state index contributed by atoms with van der Waals surface area (Å²) in [4.78, 5) is 4.06. The lowest BCUT2D eigenvalue weighted by Gasteiger charge is -2.05. The van der Waals surface area contributed by atoms with E-state index < -0.39 is 0 Å². The maximum atomic E-state index is 9.09. The monoisotopic (exact) mass is 152 g/mol. The Hall–Kier alpha value is -0.990. The largest absolute Gasteiger partial charge is 0.492 e. The van der Waals surface area contributed by atoms with Gasteiger partial charge in [0, 0.05) is 12.5 Å². The summed E-state index contributed by atoms with van der Waals surface area (Å²) < 4.78 is 1.91. The second-order valence-electron chi connectivity index (χ2n) is 3.59. The Morgan fingerprint density at radius 3 is 2.64 bits per heavy atom. The fourth-order valence-corrected chi connectivity index (χ4v) is 1.42. The third-order valence-corrected chi connectivity index (χ3v) is 2.40. The van der Waals surface area contributed by atoms with E-state index >= 15 is 0 Å². The second-order valence-corrected chi connectivity index (χ2v) is 3.59. The van der Waals surface area contributed by atoms with Gasteiger partial charge in [0.1, 0.15) is 5.82 Å². The van der Waals surface area contributed by atoms with Crippen molar-refractivity contribution in [2.45, 2.75) is 25.2 Å². The Bertz CT molecular complexity index is 286. The van der Waals surface area contributed by atoms with Crippen LogP contribution < -0.4 is 0 Å². The lowest BCUT2D eigenvalue weighted by atomic mass is 10.1. The number of aromatic hydroxyl groups is 1. The maximum Gasteiger partial charge on any atom is 0.229 e. The molecule has 0 radical (unpaired) electrons. The smallest absolute Gasteiger partial charge is 0.229 e. The molecule has 0 aromatic carbocycles. The van der Waals surface area contributed by atoms with E-state index in [2.05, 4.69) is 11.9 Å². The van der Waals surface area contributed by atoms with Crippen molar-refractivity contribution in [1.82, 2.24) is 9.55 Å². The molecule has 1 fully saturated rings. The molecular formula is C8H12N2O. The molecule has 0 spiro atoms. The number of imidazole rings is 1. The zero-order chi connectivity index (χ0) is 8.06. The molecule has 1 aromatic rings. The van der Waals surface area contributed by atoms with Crippen LogP contribution in [0.3, 0.4) is 0 Å². The van der Waals surface area contributed by atoms with Crippen molar-refractivity contribution in [2.24, 2.45) is 7.05 Å². The summed E-state index contributed by atoms with van der Waals surface area (Å²) in [6.45, 7) is 2.18. The van der Waals surface area contributed by atoms with Gasteiger partial charge in [-0.15, -0.1) is 0 Å². The van der Waals surface area contributed by atoms with Crippen LogP contribution in [0.25, 0.3) is 0 Å². The first-order valence-corrected chi connectivity index (χ1v) is 3.85. The molecule has 1 N–H and O–H groups in total. The van der Waals surface area contributed by atoms with Crippen molar-refractivity contribution in [2.75, 3.05) is 0 Å². The molecule has 1 aliphatic rings. The molecule has 0 unspecified atom stereocenters. The predicted octanol–water partition coefficient (Wildman–Crippen LogP) is 1.18. The third-order valence-electron chi connectivity index (χ3n) is 2.40. The molecule has 0 atom stereocenters. The average Bonchev–Trinajstić information content (AvgIpc) is 2.55. The quantitative estimate of drug-likeness (QED) is 0.656. The van der Waals surface area contributed by atoms with Gasteiger partial charge in [-0.25, -0.2) is 0 Å². The summed E-state index contributed by atoms with van der Waals surface area (Å²) in [5, 5.41) is 9.09. The molecule has 60 valence electrons. The number of rotatable bonds is 1. The summed E-state index contributed by atoms with van der Waals surface area (Å²) in [7, 11) is 1.92. The fourth-order valence-electron chi connectivity index (χ4n) is 1.42. The average molecular weight is 152 g/mol. The Morgan fingerprint density at radius 2 is 2.27 bits per heavy atom. The highest BCUT2D eigenvalue weighted by Crippen LogP contribution is 2.47. The third kappa shape index (κ3) is 0.914. The molecule has 3 heteroatoms. The van der Waals surface area contributed by atoms with Crippen molar-refractivity contribution in [3.05, 3.63) is 12.0 Å². The highest BCUT2D eigenvalue weighted by Gasteiger charge is 2.42. The van der Waals surface area contributed by atoms with Crippen LogP contribution >= 0.6 is 0 Å². The number of aromatic nitrogens is 2. The molecule has 1 aromatic heterocycles. The highest BCUT2D eigenvalue weighted by molar-refractivity contribution is 5.21. The first-order valence-electron chi connectivity index (χ1n) is 3.85. The molecule has 0 bridgehead atoms. The second kappa shape index (κ2) is 1.78. The Balaban J connectivity index is 2.44. The van der Waals surface area contributed by atoms with Gasteiger partial charge in [0.05, 0.1) is 6.20 Å². The highest BCUT2D eigenvalue weighted by atomic mass is 16.3. The van der Waals surface area contributed by atoms with E-state index in [1.54, 1.807) is 6.20 Å². The van der Waals surface area contributed by atoms with Crippen molar-refractivity contribution in [3.63, 3.8) is 0 Å². The van der Waals surface area contributed by atoms with Crippen molar-refractivity contribution >= 4 is 0 Å². The van der Waals surface area contributed by atoms with Crippen LogP contribution in [0.15, 0.2) is 6.20 Å². The molecular weight excluding hydrogens is 140 g/mol. The molecule has 0 amide bonds. The van der Waals surface area contributed by atoms with Gasteiger partial charge in [-0.3, -0.25) is 0 Å². The molecule has 1 saturated carbocycles. The van der Waals surface area contributed by atoms with Gasteiger partial charge in [0.25, 0.3) is 0 Å². The SMILES string of the molecule is Cn1cc(O)nc1C1(C)CC1. The van der Waals surface area contributed by atoms with Crippen molar-refractivity contribution in [3.8, 4) is 5.88 Å². The van der Waals surface area contributed by atoms with Crippen LogP contribution in [0, 0.1) is 0 Å². The number of hydrogen-bond acceptors (Lipinski definition) is 2. The normalized spacial score (nSPS) is 20.2. The lowest BCUT2D eigenvalue weighted by Crippen LogP contribution is -2.07. The molecule has 3 nitrogen and oxygen atoms in total. The standard InChI is InChI=1S/C8H12N2O/c1-8(3-4-8)7-9-6(11)5-10(7)2/h5,11H,3-4H2,1-2H3. The molecule has 1 aliphatic carbocycles. The fraction of sp³-hybridized carbons (Fsp3) is 0.625. The van der Waals surface area contributed by atoms with Crippen LogP contribution in [-0.4, -0.2) is 14.7 Å². The van der Waals surface area contributed by atoms with Crippen LogP contribution in [0.2, 0.25) is 0 Å². The van der Waals surface area contributed by atoms with Crippen LogP contribution in [0.5, 0.6) is 5.88 Å². The molecule has 1 heterocycles. The molecule has 11 heavy (non-hydrogen) atoms. The van der Waals surface area contributed by atoms with Gasteiger partial charge in [-0.1, -0.05) is 6.92 Å². The summed E-state index contributed by atoms with van der Waals surface area (Å²) in [5.74, 6) is 1.14. The minimum Gasteiger partial charge on any atom is -0.492 e. The zero-order valence-electron chi connectivity index (χ0n) is 6.83. The summed E-state index contributed by atoms with van der Waals surface area (Å²) in [6, 6.07) is 0. The van der Waals surface area contributed by atoms with Gasteiger partial charge in [0.15, 0.2) is 0 Å². The van der Waals surface area contributed by atoms with Gasteiger partial charge in [-0.2, -0.15) is 4.98 Å². The van der Waals surface area contributed by atoms with Crippen molar-refractivity contribution < 1.29 is 5.11 Å². The van der Waals surface area contributed by atoms with E-state index in [-0.39, 0.29) is 11.3 Å². The lowest BCUT2D eigenvalue weighted by molar-refractivity contribution is 0.454. The summed E-state index contributed by atoms with van der Waals surface area (Å²) >= 11 is 0. The van der Waals surface area contributed by atoms with Gasteiger partial charge in [0.2, 0.25) is 5.88 Å². The van der Waals surface area contributed by atoms with Gasteiger partial charge < -0.3 is 9.67 Å².